The summed E-state index contributed by atoms with van der Waals surface area (Å²) >= 11 is 0. The molecule has 0 aromatic carbocycles. The molecule has 2 aliphatic rings. The molecule has 2 heterocycles. The van der Waals surface area contributed by atoms with Gasteiger partial charge in [-0.05, 0) is 25.7 Å². The fourth-order valence-electron chi connectivity index (χ4n) is 1.64. The van der Waals surface area contributed by atoms with Crippen LogP contribution in [0, 0.1) is 5.92 Å². The Balaban J connectivity index is 0.000000284. The Morgan fingerprint density at radius 1 is 1.00 bits per heavy atom. The minimum atomic E-state index is -3.10. The maximum atomic E-state index is 10.6. The SMILES string of the molecule is C.CC1CCS(=O)(=O)C1.CC1CCS(=O)(=O)O1. The molecule has 0 bridgehead atoms. The largest absolute Gasteiger partial charge is 0.267 e. The summed E-state index contributed by atoms with van der Waals surface area (Å²) in [5, 5.41) is 0. The molecule has 0 aromatic heterocycles. The molecule has 2 rings (SSSR count). The van der Waals surface area contributed by atoms with E-state index in [4.69, 9.17) is 0 Å². The lowest BCUT2D eigenvalue weighted by molar-refractivity contribution is 0.258. The molecule has 2 saturated heterocycles. The third-order valence-electron chi connectivity index (χ3n) is 2.55. The van der Waals surface area contributed by atoms with E-state index in [-0.39, 0.29) is 19.3 Å². The molecule has 7 heteroatoms. The highest BCUT2D eigenvalue weighted by atomic mass is 32.2. The Labute approximate surface area is 105 Å². The third kappa shape index (κ3) is 6.38. The molecule has 0 amide bonds. The zero-order chi connectivity index (χ0) is 12.4. The summed E-state index contributed by atoms with van der Waals surface area (Å²) in [7, 11) is -5.69. The average Bonchev–Trinajstić information content (AvgIpc) is 2.56. The molecule has 0 radical (unpaired) electrons. The maximum Gasteiger partial charge on any atom is 0.267 e. The first kappa shape index (κ1) is 16.9. The topological polar surface area (TPSA) is 77.5 Å². The molecular weight excluding hydrogens is 264 g/mol. The van der Waals surface area contributed by atoms with Crippen LogP contribution in [0.3, 0.4) is 0 Å². The highest BCUT2D eigenvalue weighted by Crippen LogP contribution is 2.16. The highest BCUT2D eigenvalue weighted by Gasteiger charge is 2.24. The molecule has 0 N–H and O–H groups in total. The van der Waals surface area contributed by atoms with Crippen molar-refractivity contribution in [1.29, 1.82) is 0 Å². The van der Waals surface area contributed by atoms with Crippen molar-refractivity contribution in [3.8, 4) is 0 Å². The summed E-state index contributed by atoms with van der Waals surface area (Å²) in [6.45, 7) is 3.73. The summed E-state index contributed by atoms with van der Waals surface area (Å²) in [4.78, 5) is 0. The van der Waals surface area contributed by atoms with Gasteiger partial charge in [-0.2, -0.15) is 8.42 Å². The monoisotopic (exact) mass is 286 g/mol. The van der Waals surface area contributed by atoms with Gasteiger partial charge in [-0.3, -0.25) is 4.18 Å². The van der Waals surface area contributed by atoms with Crippen LogP contribution in [0.2, 0.25) is 0 Å². The van der Waals surface area contributed by atoms with Crippen molar-refractivity contribution in [1.82, 2.24) is 0 Å². The van der Waals surface area contributed by atoms with Crippen LogP contribution in [-0.2, 0) is 24.1 Å². The number of rotatable bonds is 0. The van der Waals surface area contributed by atoms with Crippen LogP contribution >= 0.6 is 0 Å². The van der Waals surface area contributed by atoms with Gasteiger partial charge in [0.05, 0.1) is 23.4 Å². The molecule has 0 aromatic rings. The molecule has 0 spiro atoms. The van der Waals surface area contributed by atoms with Crippen LogP contribution in [0.15, 0.2) is 0 Å². The van der Waals surface area contributed by atoms with Crippen molar-refractivity contribution in [2.75, 3.05) is 17.3 Å². The van der Waals surface area contributed by atoms with Crippen LogP contribution < -0.4 is 0 Å². The first-order valence-electron chi connectivity index (χ1n) is 5.31. The summed E-state index contributed by atoms with van der Waals surface area (Å²) in [6, 6.07) is 0. The van der Waals surface area contributed by atoms with Crippen molar-refractivity contribution in [3.63, 3.8) is 0 Å². The molecule has 0 saturated carbocycles. The third-order valence-corrected chi connectivity index (χ3v) is 5.84. The summed E-state index contributed by atoms with van der Waals surface area (Å²) in [6.07, 6.45) is 1.41. The molecule has 104 valence electrons. The number of hydrogen-bond acceptors (Lipinski definition) is 5. The van der Waals surface area contributed by atoms with Gasteiger partial charge in [-0.15, -0.1) is 0 Å². The van der Waals surface area contributed by atoms with Crippen LogP contribution in [0.4, 0.5) is 0 Å². The van der Waals surface area contributed by atoms with E-state index in [0.29, 0.717) is 23.8 Å². The van der Waals surface area contributed by atoms with Crippen LogP contribution in [0.5, 0.6) is 0 Å². The highest BCUT2D eigenvalue weighted by molar-refractivity contribution is 7.91. The van der Waals surface area contributed by atoms with E-state index in [2.05, 4.69) is 4.18 Å². The van der Waals surface area contributed by atoms with E-state index in [9.17, 15) is 16.8 Å². The van der Waals surface area contributed by atoms with Crippen LogP contribution in [-0.4, -0.2) is 40.2 Å². The van der Waals surface area contributed by atoms with Gasteiger partial charge in [0.25, 0.3) is 10.1 Å². The van der Waals surface area contributed by atoms with Crippen LogP contribution in [0.1, 0.15) is 34.1 Å². The smallest absolute Gasteiger partial charge is 0.267 e. The quantitative estimate of drug-likeness (QED) is 0.625. The minimum absolute atomic E-state index is 0. The van der Waals surface area contributed by atoms with Gasteiger partial charge >= 0.3 is 0 Å². The molecular formula is C10H22O5S2. The zero-order valence-corrected chi connectivity index (χ0v) is 11.2. The first-order valence-corrected chi connectivity index (χ1v) is 8.71. The van der Waals surface area contributed by atoms with E-state index in [1.54, 1.807) is 6.92 Å². The number of hydrogen-bond donors (Lipinski definition) is 0. The lowest BCUT2D eigenvalue weighted by Crippen LogP contribution is -2.01. The second kappa shape index (κ2) is 6.15. The summed E-state index contributed by atoms with van der Waals surface area (Å²) in [5.41, 5.74) is 0. The predicted molar refractivity (Wildman–Crippen MR) is 68.1 cm³/mol. The van der Waals surface area contributed by atoms with Crippen molar-refractivity contribution < 1.29 is 21.0 Å². The maximum absolute atomic E-state index is 10.6. The van der Waals surface area contributed by atoms with Crippen molar-refractivity contribution in [2.24, 2.45) is 5.92 Å². The van der Waals surface area contributed by atoms with Gasteiger partial charge in [-0.1, -0.05) is 14.4 Å². The standard InChI is InChI=1S/C5H10O2S.C4H8O3S.CH4/c1-5-2-3-8(6,7)4-5;1-4-2-3-8(5,6)7-4;/h5H,2-4H2,1H3;4H,2-3H2,1H3;1H4. The van der Waals surface area contributed by atoms with Crippen molar-refractivity contribution >= 4 is 20.0 Å². The molecule has 0 aliphatic carbocycles. The zero-order valence-electron chi connectivity index (χ0n) is 9.55. The second-order valence-corrected chi connectivity index (χ2v) is 8.41. The molecule has 2 unspecified atom stereocenters. The van der Waals surface area contributed by atoms with Crippen LogP contribution in [0.25, 0.3) is 0 Å². The lowest BCUT2D eigenvalue weighted by atomic mass is 10.2. The molecule has 2 atom stereocenters. The Morgan fingerprint density at radius 3 is 1.71 bits per heavy atom. The Bertz CT molecular complexity index is 382. The summed E-state index contributed by atoms with van der Waals surface area (Å²) < 4.78 is 46.6. The summed E-state index contributed by atoms with van der Waals surface area (Å²) in [5.74, 6) is 1.41. The minimum Gasteiger partial charge on any atom is -0.267 e. The normalized spacial score (nSPS) is 33.3. The Hall–Kier alpha value is -0.140. The Morgan fingerprint density at radius 2 is 1.59 bits per heavy atom. The predicted octanol–water partition coefficient (Wildman–Crippen LogP) is 1.20. The fraction of sp³-hybridized carbons (Fsp3) is 1.00. The van der Waals surface area contributed by atoms with Crippen molar-refractivity contribution in [2.45, 2.75) is 40.2 Å². The molecule has 2 fully saturated rings. The molecule has 2 aliphatic heterocycles. The fourth-order valence-corrected chi connectivity index (χ4v) is 4.91. The van der Waals surface area contributed by atoms with E-state index in [1.165, 1.54) is 0 Å². The van der Waals surface area contributed by atoms with Gasteiger partial charge in [0.2, 0.25) is 0 Å². The van der Waals surface area contributed by atoms with Gasteiger partial charge < -0.3 is 0 Å². The van der Waals surface area contributed by atoms with E-state index in [1.807, 2.05) is 6.92 Å². The first-order chi connectivity index (χ1) is 7.20. The second-order valence-electron chi connectivity index (χ2n) is 4.47. The van der Waals surface area contributed by atoms with Gasteiger partial charge in [-0.25, -0.2) is 8.42 Å². The van der Waals surface area contributed by atoms with Crippen molar-refractivity contribution in [3.05, 3.63) is 0 Å². The molecule has 5 nitrogen and oxygen atoms in total. The van der Waals surface area contributed by atoms with E-state index < -0.39 is 20.0 Å². The number of sulfone groups is 1. The lowest BCUT2D eigenvalue weighted by Gasteiger charge is -1.93. The van der Waals surface area contributed by atoms with Gasteiger partial charge in [0.15, 0.2) is 9.84 Å². The van der Waals surface area contributed by atoms with Gasteiger partial charge in [0.1, 0.15) is 0 Å². The average molecular weight is 286 g/mol. The molecule has 17 heavy (non-hydrogen) atoms. The van der Waals surface area contributed by atoms with E-state index >= 15 is 0 Å². The Kier molecular flexibility index (Phi) is 6.10. The van der Waals surface area contributed by atoms with Gasteiger partial charge in [0, 0.05) is 0 Å². The van der Waals surface area contributed by atoms with E-state index in [0.717, 1.165) is 6.42 Å².